The molecule has 0 aliphatic carbocycles. The molecule has 2 aromatic carbocycles. The first kappa shape index (κ1) is 20.6. The van der Waals surface area contributed by atoms with Crippen LogP contribution in [0.1, 0.15) is 18.9 Å². The van der Waals surface area contributed by atoms with Gasteiger partial charge in [-0.1, -0.05) is 31.2 Å². The van der Waals surface area contributed by atoms with E-state index in [9.17, 15) is 13.2 Å². The summed E-state index contributed by atoms with van der Waals surface area (Å²) < 4.78 is 30.5. The molecule has 0 aliphatic rings. The summed E-state index contributed by atoms with van der Waals surface area (Å²) in [6.45, 7) is 3.73. The van der Waals surface area contributed by atoms with Crippen LogP contribution in [0.4, 0.5) is 11.4 Å². The summed E-state index contributed by atoms with van der Waals surface area (Å²) in [7, 11) is -3.83. The van der Waals surface area contributed by atoms with E-state index in [1.165, 1.54) is 12.1 Å². The second kappa shape index (κ2) is 8.23. The number of nitrogens with one attached hydrogen (secondary N) is 2. The monoisotopic (exact) mass is 434 g/mol. The van der Waals surface area contributed by atoms with E-state index in [0.29, 0.717) is 29.1 Å². The number of hydrogen-bond donors (Lipinski definition) is 2. The van der Waals surface area contributed by atoms with Crippen LogP contribution in [0.5, 0.6) is 0 Å². The molecule has 31 heavy (non-hydrogen) atoms. The molecule has 0 saturated carbocycles. The molecule has 4 aromatic rings. The first-order chi connectivity index (χ1) is 14.9. The Balaban J connectivity index is 1.65. The van der Waals surface area contributed by atoms with Crippen molar-refractivity contribution in [1.82, 2.24) is 9.38 Å². The lowest BCUT2D eigenvalue weighted by Gasteiger charge is -2.12. The Morgan fingerprint density at radius 2 is 1.77 bits per heavy atom. The molecule has 2 N–H and O–H groups in total. The zero-order valence-electron chi connectivity index (χ0n) is 17.2. The quantitative estimate of drug-likeness (QED) is 0.469. The Bertz CT molecular complexity index is 1360. The van der Waals surface area contributed by atoms with Crippen molar-refractivity contribution in [1.29, 1.82) is 0 Å². The summed E-state index contributed by atoms with van der Waals surface area (Å²) in [5, 5.41) is 2.70. The van der Waals surface area contributed by atoms with Crippen molar-refractivity contribution >= 4 is 33.0 Å². The van der Waals surface area contributed by atoms with Gasteiger partial charge < -0.3 is 9.72 Å². The normalized spacial score (nSPS) is 11.4. The van der Waals surface area contributed by atoms with Crippen molar-refractivity contribution in [2.45, 2.75) is 25.2 Å². The van der Waals surface area contributed by atoms with Crippen molar-refractivity contribution in [3.8, 4) is 11.3 Å². The molecule has 0 fully saturated rings. The van der Waals surface area contributed by atoms with Crippen LogP contribution in [0.15, 0.2) is 78.0 Å². The van der Waals surface area contributed by atoms with E-state index in [0.717, 1.165) is 11.2 Å². The van der Waals surface area contributed by atoms with E-state index >= 15 is 0 Å². The molecule has 0 unspecified atom stereocenters. The van der Waals surface area contributed by atoms with Crippen LogP contribution < -0.4 is 10.0 Å². The average molecular weight is 435 g/mol. The number of aromatic nitrogens is 2. The van der Waals surface area contributed by atoms with Crippen molar-refractivity contribution in [2.75, 3.05) is 10.0 Å². The van der Waals surface area contributed by atoms with Gasteiger partial charge in [-0.05, 0) is 48.9 Å². The minimum atomic E-state index is -3.83. The van der Waals surface area contributed by atoms with Crippen molar-refractivity contribution < 1.29 is 13.2 Å². The van der Waals surface area contributed by atoms with Crippen LogP contribution in [-0.4, -0.2) is 23.7 Å². The topological polar surface area (TPSA) is 92.6 Å². The Morgan fingerprint density at radius 3 is 2.48 bits per heavy atom. The fourth-order valence-electron chi connectivity index (χ4n) is 3.25. The number of amides is 1. The molecule has 0 spiro atoms. The Morgan fingerprint density at radius 1 is 1.03 bits per heavy atom. The van der Waals surface area contributed by atoms with Gasteiger partial charge >= 0.3 is 0 Å². The number of benzene rings is 2. The fourth-order valence-corrected chi connectivity index (χ4v) is 4.33. The van der Waals surface area contributed by atoms with Gasteiger partial charge in [0.1, 0.15) is 5.65 Å². The molecule has 8 heteroatoms. The SMILES string of the molecule is CCC(=O)Nc1ccc(S(=O)(=O)Nc2ccccc2-c2cn3cccc(C)c3n2)cc1. The fraction of sp³-hybridized carbons (Fsp3) is 0.130. The van der Waals surface area contributed by atoms with Crippen molar-refractivity contribution in [2.24, 2.45) is 0 Å². The number of anilines is 2. The lowest BCUT2D eigenvalue weighted by molar-refractivity contribution is -0.115. The lowest BCUT2D eigenvalue weighted by Crippen LogP contribution is -2.14. The first-order valence-electron chi connectivity index (χ1n) is 9.84. The molecular formula is C23H22N4O3S. The number of carbonyl (C=O) groups excluding carboxylic acids is 1. The maximum absolute atomic E-state index is 13.0. The minimum absolute atomic E-state index is 0.0997. The molecule has 4 rings (SSSR count). The van der Waals surface area contributed by atoms with E-state index in [4.69, 9.17) is 0 Å². The lowest BCUT2D eigenvalue weighted by atomic mass is 10.1. The zero-order valence-corrected chi connectivity index (χ0v) is 18.0. The van der Waals surface area contributed by atoms with Gasteiger partial charge in [-0.15, -0.1) is 0 Å². The summed E-state index contributed by atoms with van der Waals surface area (Å²) in [6.07, 6.45) is 4.13. The summed E-state index contributed by atoms with van der Waals surface area (Å²) in [6, 6.07) is 17.1. The summed E-state index contributed by atoms with van der Waals surface area (Å²) in [5.74, 6) is -0.134. The van der Waals surface area contributed by atoms with Crippen molar-refractivity contribution in [3.05, 3.63) is 78.6 Å². The third kappa shape index (κ3) is 4.29. The van der Waals surface area contributed by atoms with Crippen LogP contribution in [0.2, 0.25) is 0 Å². The third-order valence-electron chi connectivity index (χ3n) is 4.89. The third-order valence-corrected chi connectivity index (χ3v) is 6.28. The number of pyridine rings is 1. The van der Waals surface area contributed by atoms with Gasteiger partial charge in [0.15, 0.2) is 0 Å². The number of fused-ring (bicyclic) bond motifs is 1. The molecular weight excluding hydrogens is 412 g/mol. The van der Waals surface area contributed by atoms with E-state index < -0.39 is 10.0 Å². The van der Waals surface area contributed by atoms with Gasteiger partial charge in [-0.2, -0.15) is 0 Å². The molecule has 2 heterocycles. The highest BCUT2D eigenvalue weighted by molar-refractivity contribution is 7.92. The van der Waals surface area contributed by atoms with Gasteiger partial charge in [0, 0.05) is 30.1 Å². The molecule has 0 bridgehead atoms. The van der Waals surface area contributed by atoms with Crippen LogP contribution >= 0.6 is 0 Å². The minimum Gasteiger partial charge on any atom is -0.326 e. The Labute approximate surface area is 180 Å². The molecule has 0 saturated heterocycles. The van der Waals surface area contributed by atoms with Gasteiger partial charge in [0.25, 0.3) is 10.0 Å². The number of imidazole rings is 1. The molecule has 0 atom stereocenters. The number of para-hydroxylation sites is 1. The van der Waals surface area contributed by atoms with E-state index in [2.05, 4.69) is 15.0 Å². The number of rotatable bonds is 6. The van der Waals surface area contributed by atoms with E-state index in [-0.39, 0.29) is 10.8 Å². The second-order valence-corrected chi connectivity index (χ2v) is 8.81. The number of nitrogens with zero attached hydrogens (tertiary/aromatic N) is 2. The molecule has 7 nitrogen and oxygen atoms in total. The summed E-state index contributed by atoms with van der Waals surface area (Å²) >= 11 is 0. The standard InChI is InChI=1S/C23H22N4O3S/c1-3-22(28)24-17-10-12-18(13-11-17)31(29,30)26-20-9-5-4-8-19(20)21-15-27-14-6-7-16(2)23(27)25-21/h4-15,26H,3H2,1-2H3,(H,24,28). The highest BCUT2D eigenvalue weighted by Gasteiger charge is 2.18. The Hall–Kier alpha value is -3.65. The highest BCUT2D eigenvalue weighted by Crippen LogP contribution is 2.30. The zero-order chi connectivity index (χ0) is 22.0. The van der Waals surface area contributed by atoms with Crippen LogP contribution in [0.25, 0.3) is 16.9 Å². The van der Waals surface area contributed by atoms with Crippen LogP contribution in [-0.2, 0) is 14.8 Å². The molecule has 158 valence electrons. The van der Waals surface area contributed by atoms with Gasteiger partial charge in [-0.25, -0.2) is 13.4 Å². The smallest absolute Gasteiger partial charge is 0.261 e. The van der Waals surface area contributed by atoms with Gasteiger partial charge in [-0.3, -0.25) is 9.52 Å². The molecule has 0 radical (unpaired) electrons. The number of aryl methyl sites for hydroxylation is 1. The highest BCUT2D eigenvalue weighted by atomic mass is 32.2. The number of hydrogen-bond acceptors (Lipinski definition) is 4. The van der Waals surface area contributed by atoms with E-state index in [1.807, 2.05) is 48.0 Å². The van der Waals surface area contributed by atoms with Crippen molar-refractivity contribution in [3.63, 3.8) is 0 Å². The maximum Gasteiger partial charge on any atom is 0.261 e. The van der Waals surface area contributed by atoms with E-state index in [1.54, 1.807) is 31.2 Å². The molecule has 2 aromatic heterocycles. The largest absolute Gasteiger partial charge is 0.326 e. The van der Waals surface area contributed by atoms with Crippen LogP contribution in [0, 0.1) is 6.92 Å². The predicted molar refractivity (Wildman–Crippen MR) is 122 cm³/mol. The van der Waals surface area contributed by atoms with Crippen LogP contribution in [0.3, 0.4) is 0 Å². The predicted octanol–water partition coefficient (Wildman–Crippen LogP) is 4.46. The maximum atomic E-state index is 13.0. The van der Waals surface area contributed by atoms with Gasteiger partial charge in [0.05, 0.1) is 16.3 Å². The number of sulfonamides is 1. The number of carbonyl (C=O) groups is 1. The average Bonchev–Trinajstić information content (AvgIpc) is 3.20. The second-order valence-electron chi connectivity index (χ2n) is 7.13. The molecule has 1 amide bonds. The first-order valence-corrected chi connectivity index (χ1v) is 11.3. The molecule has 0 aliphatic heterocycles. The Kier molecular flexibility index (Phi) is 5.48. The summed E-state index contributed by atoms with van der Waals surface area (Å²) in [4.78, 5) is 16.3. The summed E-state index contributed by atoms with van der Waals surface area (Å²) in [5.41, 5.74) is 4.19. The van der Waals surface area contributed by atoms with Gasteiger partial charge in [0.2, 0.25) is 5.91 Å².